The van der Waals surface area contributed by atoms with E-state index in [1.165, 1.54) is 5.56 Å². The summed E-state index contributed by atoms with van der Waals surface area (Å²) in [4.78, 5) is 10.8. The Labute approximate surface area is 109 Å². The maximum atomic E-state index is 4.42. The second kappa shape index (κ2) is 5.31. The first-order valence-electron chi connectivity index (χ1n) is 5.39. The average Bonchev–Trinajstić information content (AvgIpc) is 2.75. The van der Waals surface area contributed by atoms with E-state index in [0.717, 1.165) is 23.5 Å². The lowest BCUT2D eigenvalue weighted by Crippen LogP contribution is -2.19. The fourth-order valence-corrected chi connectivity index (χ4v) is 1.90. The molecule has 0 spiro atoms. The number of halogens is 1. The maximum Gasteiger partial charge on any atom is 0.128 e. The Balaban J connectivity index is 2.09. The Morgan fingerprint density at radius 1 is 1.35 bits per heavy atom. The van der Waals surface area contributed by atoms with E-state index in [1.807, 2.05) is 43.3 Å². The predicted octanol–water partition coefficient (Wildman–Crippen LogP) is 2.35. The van der Waals surface area contributed by atoms with E-state index in [2.05, 4.69) is 36.9 Å². The van der Waals surface area contributed by atoms with Gasteiger partial charge >= 0.3 is 0 Å². The van der Waals surface area contributed by atoms with E-state index < -0.39 is 0 Å². The maximum absolute atomic E-state index is 4.42. The lowest BCUT2D eigenvalue weighted by atomic mass is 10.3. The van der Waals surface area contributed by atoms with E-state index in [0.29, 0.717) is 0 Å². The monoisotopic (exact) mass is 294 g/mol. The van der Waals surface area contributed by atoms with Gasteiger partial charge in [0.15, 0.2) is 0 Å². The highest BCUT2D eigenvalue weighted by Gasteiger charge is 2.06. The molecule has 0 bridgehead atoms. The van der Waals surface area contributed by atoms with E-state index in [9.17, 15) is 0 Å². The zero-order chi connectivity index (χ0) is 12.3. The molecule has 2 rings (SSSR count). The number of hydrogen-bond acceptors (Lipinski definition) is 3. The molecule has 90 valence electrons. The van der Waals surface area contributed by atoms with Crippen molar-refractivity contribution in [1.82, 2.24) is 14.5 Å². The molecule has 2 heterocycles. The van der Waals surface area contributed by atoms with Gasteiger partial charge in [-0.3, -0.25) is 0 Å². The Kier molecular flexibility index (Phi) is 3.78. The van der Waals surface area contributed by atoms with Crippen molar-refractivity contribution in [3.63, 3.8) is 0 Å². The fraction of sp³-hybridized carbons (Fsp3) is 0.333. The SMILES string of the molecule is CN(Cc1nccn1C)c1ccc(CBr)cn1. The molecule has 0 aliphatic carbocycles. The van der Waals surface area contributed by atoms with Crippen LogP contribution < -0.4 is 4.90 Å². The van der Waals surface area contributed by atoms with E-state index in [4.69, 9.17) is 0 Å². The van der Waals surface area contributed by atoms with Crippen LogP contribution in [-0.2, 0) is 18.9 Å². The lowest BCUT2D eigenvalue weighted by molar-refractivity contribution is 0.755. The zero-order valence-electron chi connectivity index (χ0n) is 9.97. The van der Waals surface area contributed by atoms with E-state index in [1.54, 1.807) is 0 Å². The highest BCUT2D eigenvalue weighted by atomic mass is 79.9. The predicted molar refractivity (Wildman–Crippen MR) is 72.2 cm³/mol. The number of rotatable bonds is 4. The minimum absolute atomic E-state index is 0.754. The van der Waals surface area contributed by atoms with E-state index >= 15 is 0 Å². The minimum atomic E-state index is 0.754. The molecule has 0 fully saturated rings. The third kappa shape index (κ3) is 2.85. The molecule has 17 heavy (non-hydrogen) atoms. The number of pyridine rings is 1. The lowest BCUT2D eigenvalue weighted by Gasteiger charge is -2.17. The average molecular weight is 295 g/mol. The van der Waals surface area contributed by atoms with Crippen molar-refractivity contribution in [1.29, 1.82) is 0 Å². The van der Waals surface area contributed by atoms with Crippen LogP contribution in [0.4, 0.5) is 5.82 Å². The van der Waals surface area contributed by atoms with Crippen molar-refractivity contribution < 1.29 is 0 Å². The van der Waals surface area contributed by atoms with Gasteiger partial charge in [0.2, 0.25) is 0 Å². The molecule has 0 radical (unpaired) electrons. The van der Waals surface area contributed by atoms with Crippen molar-refractivity contribution in [2.75, 3.05) is 11.9 Å². The molecule has 0 saturated heterocycles. The quantitative estimate of drug-likeness (QED) is 0.812. The largest absolute Gasteiger partial charge is 0.352 e. The van der Waals surface area contributed by atoms with Crippen LogP contribution in [0.15, 0.2) is 30.7 Å². The van der Waals surface area contributed by atoms with Gasteiger partial charge in [0.25, 0.3) is 0 Å². The summed E-state index contributed by atoms with van der Waals surface area (Å²) in [6, 6.07) is 4.10. The van der Waals surface area contributed by atoms with Gasteiger partial charge in [-0.2, -0.15) is 0 Å². The smallest absolute Gasteiger partial charge is 0.128 e. The number of aromatic nitrogens is 3. The van der Waals surface area contributed by atoms with Gasteiger partial charge in [-0.25, -0.2) is 9.97 Å². The molecular weight excluding hydrogens is 280 g/mol. The van der Waals surface area contributed by atoms with Crippen LogP contribution in [0.25, 0.3) is 0 Å². The van der Waals surface area contributed by atoms with Gasteiger partial charge in [0.1, 0.15) is 11.6 Å². The Hall–Kier alpha value is -1.36. The summed E-state index contributed by atoms with van der Waals surface area (Å²) in [5.74, 6) is 1.98. The van der Waals surface area contributed by atoms with Crippen LogP contribution in [0.5, 0.6) is 0 Å². The van der Waals surface area contributed by atoms with Crippen molar-refractivity contribution in [3.8, 4) is 0 Å². The summed E-state index contributed by atoms with van der Waals surface area (Å²) in [6.45, 7) is 0.754. The summed E-state index contributed by atoms with van der Waals surface area (Å²) < 4.78 is 2.02. The normalized spacial score (nSPS) is 10.5. The van der Waals surface area contributed by atoms with Crippen molar-refractivity contribution in [3.05, 3.63) is 42.1 Å². The van der Waals surface area contributed by atoms with Gasteiger partial charge in [-0.1, -0.05) is 22.0 Å². The first kappa shape index (κ1) is 12.1. The molecule has 5 heteroatoms. The summed E-state index contributed by atoms with van der Waals surface area (Å²) >= 11 is 3.41. The molecule has 0 aliphatic rings. The highest BCUT2D eigenvalue weighted by molar-refractivity contribution is 9.08. The number of hydrogen-bond donors (Lipinski definition) is 0. The van der Waals surface area contributed by atoms with Gasteiger partial charge in [0, 0.05) is 38.0 Å². The summed E-state index contributed by atoms with van der Waals surface area (Å²) in [5.41, 5.74) is 1.18. The fourth-order valence-electron chi connectivity index (χ4n) is 1.56. The number of nitrogens with zero attached hydrogens (tertiary/aromatic N) is 4. The molecule has 0 amide bonds. The van der Waals surface area contributed by atoms with Crippen molar-refractivity contribution >= 4 is 21.7 Å². The van der Waals surface area contributed by atoms with Crippen LogP contribution in [0.1, 0.15) is 11.4 Å². The molecule has 0 N–H and O–H groups in total. The second-order valence-corrected chi connectivity index (χ2v) is 4.53. The Morgan fingerprint density at radius 2 is 2.18 bits per heavy atom. The van der Waals surface area contributed by atoms with Gasteiger partial charge in [-0.15, -0.1) is 0 Å². The van der Waals surface area contributed by atoms with Crippen LogP contribution in [-0.4, -0.2) is 21.6 Å². The Bertz CT molecular complexity index is 478. The summed E-state index contributed by atoms with van der Waals surface area (Å²) in [5, 5.41) is 0.837. The first-order chi connectivity index (χ1) is 8.20. The Morgan fingerprint density at radius 3 is 2.71 bits per heavy atom. The molecule has 2 aromatic heterocycles. The standard InChI is InChI=1S/C12H15BrN4/c1-16-6-5-14-12(16)9-17(2)11-4-3-10(7-13)8-15-11/h3-6,8H,7,9H2,1-2H3. The molecule has 0 atom stereocenters. The summed E-state index contributed by atoms with van der Waals surface area (Å²) in [6.07, 6.45) is 5.65. The first-order valence-corrected chi connectivity index (χ1v) is 6.51. The molecule has 0 saturated carbocycles. The molecular formula is C12H15BrN4. The number of alkyl halides is 1. The third-order valence-electron chi connectivity index (χ3n) is 2.65. The van der Waals surface area contributed by atoms with E-state index in [-0.39, 0.29) is 0 Å². The van der Waals surface area contributed by atoms with Crippen LogP contribution >= 0.6 is 15.9 Å². The molecule has 0 aliphatic heterocycles. The highest BCUT2D eigenvalue weighted by Crippen LogP contribution is 2.13. The van der Waals surface area contributed by atoms with Crippen molar-refractivity contribution in [2.45, 2.75) is 11.9 Å². The topological polar surface area (TPSA) is 34.0 Å². The number of aryl methyl sites for hydroxylation is 1. The van der Waals surface area contributed by atoms with Gasteiger partial charge in [-0.05, 0) is 11.6 Å². The van der Waals surface area contributed by atoms with Crippen LogP contribution in [0, 0.1) is 0 Å². The van der Waals surface area contributed by atoms with Crippen molar-refractivity contribution in [2.24, 2.45) is 7.05 Å². The molecule has 0 unspecified atom stereocenters. The number of anilines is 1. The molecule has 2 aromatic rings. The zero-order valence-corrected chi connectivity index (χ0v) is 11.6. The van der Waals surface area contributed by atoms with Crippen LogP contribution in [0.3, 0.4) is 0 Å². The minimum Gasteiger partial charge on any atom is -0.352 e. The summed E-state index contributed by atoms with van der Waals surface area (Å²) in [7, 11) is 4.02. The second-order valence-electron chi connectivity index (χ2n) is 3.97. The molecule has 0 aromatic carbocycles. The third-order valence-corrected chi connectivity index (χ3v) is 3.30. The molecule has 4 nitrogen and oxygen atoms in total. The van der Waals surface area contributed by atoms with Gasteiger partial charge < -0.3 is 9.47 Å². The van der Waals surface area contributed by atoms with Gasteiger partial charge in [0.05, 0.1) is 6.54 Å². The van der Waals surface area contributed by atoms with Crippen LogP contribution in [0.2, 0.25) is 0 Å². The number of imidazole rings is 1.